The van der Waals surface area contributed by atoms with Crippen molar-refractivity contribution in [3.8, 4) is 0 Å². The molecule has 1 rings (SSSR count). The molecule has 0 radical (unpaired) electrons. The molecule has 0 spiro atoms. The largest absolute Gasteiger partial charge is 0.480 e. The summed E-state index contributed by atoms with van der Waals surface area (Å²) in [5.41, 5.74) is -1.21. The number of carboxylic acid groups (broad SMARTS) is 1. The van der Waals surface area contributed by atoms with E-state index in [-0.39, 0.29) is 5.91 Å². The van der Waals surface area contributed by atoms with Crippen LogP contribution in [-0.4, -0.2) is 41.1 Å². The van der Waals surface area contributed by atoms with Crippen LogP contribution < -0.4 is 16.0 Å². The molecule has 21 heavy (non-hydrogen) atoms. The van der Waals surface area contributed by atoms with Gasteiger partial charge in [0.1, 0.15) is 11.6 Å². The van der Waals surface area contributed by atoms with Crippen LogP contribution in [0.4, 0.5) is 4.79 Å². The van der Waals surface area contributed by atoms with Crippen LogP contribution in [0.5, 0.6) is 0 Å². The monoisotopic (exact) mass is 299 g/mol. The lowest BCUT2D eigenvalue weighted by Crippen LogP contribution is -2.60. The Hall–Kier alpha value is -1.79. The van der Waals surface area contributed by atoms with Crippen molar-refractivity contribution in [1.82, 2.24) is 16.0 Å². The highest BCUT2D eigenvalue weighted by Crippen LogP contribution is 2.28. The van der Waals surface area contributed by atoms with E-state index in [1.807, 2.05) is 6.92 Å². The van der Waals surface area contributed by atoms with Gasteiger partial charge in [-0.05, 0) is 26.2 Å². The molecule has 0 aromatic carbocycles. The summed E-state index contributed by atoms with van der Waals surface area (Å²) < 4.78 is 0. The van der Waals surface area contributed by atoms with Crippen LogP contribution in [0.25, 0.3) is 0 Å². The van der Waals surface area contributed by atoms with Gasteiger partial charge >= 0.3 is 12.0 Å². The predicted molar refractivity (Wildman–Crippen MR) is 77.9 cm³/mol. The second-order valence-corrected chi connectivity index (χ2v) is 5.56. The molecule has 4 N–H and O–H groups in total. The van der Waals surface area contributed by atoms with Crippen LogP contribution in [-0.2, 0) is 9.59 Å². The number of hydrogen-bond acceptors (Lipinski definition) is 3. The van der Waals surface area contributed by atoms with Crippen molar-refractivity contribution < 1.29 is 19.5 Å². The van der Waals surface area contributed by atoms with Gasteiger partial charge in [-0.15, -0.1) is 0 Å². The van der Waals surface area contributed by atoms with Gasteiger partial charge < -0.3 is 21.1 Å². The van der Waals surface area contributed by atoms with E-state index in [0.29, 0.717) is 19.4 Å². The number of rotatable bonds is 6. The van der Waals surface area contributed by atoms with E-state index in [1.54, 1.807) is 6.92 Å². The standard InChI is InChI=1S/C14H25N3O4/c1-3-9-15-11(18)10(2)16-13(21)17-14(12(19)20)7-5-4-6-8-14/h10H,3-9H2,1-2H3,(H,15,18)(H,19,20)(H2,16,17,21). The highest BCUT2D eigenvalue weighted by molar-refractivity contribution is 5.90. The zero-order chi connectivity index (χ0) is 15.9. The maximum absolute atomic E-state index is 11.9. The molecular weight excluding hydrogens is 274 g/mol. The predicted octanol–water partition coefficient (Wildman–Crippen LogP) is 0.988. The Balaban J connectivity index is 2.54. The molecule has 120 valence electrons. The third-order valence-corrected chi connectivity index (χ3v) is 3.76. The molecule has 0 aromatic rings. The summed E-state index contributed by atoms with van der Waals surface area (Å²) in [6.45, 7) is 4.05. The van der Waals surface area contributed by atoms with Crippen LogP contribution in [0.3, 0.4) is 0 Å². The Bertz CT molecular complexity index is 392. The summed E-state index contributed by atoms with van der Waals surface area (Å²) in [5, 5.41) is 17.1. The van der Waals surface area contributed by atoms with E-state index in [0.717, 1.165) is 25.7 Å². The quantitative estimate of drug-likeness (QED) is 0.586. The maximum Gasteiger partial charge on any atom is 0.329 e. The normalized spacial score (nSPS) is 18.4. The molecule has 0 heterocycles. The second-order valence-electron chi connectivity index (χ2n) is 5.56. The maximum atomic E-state index is 11.9. The summed E-state index contributed by atoms with van der Waals surface area (Å²) in [7, 11) is 0. The Kier molecular flexibility index (Phi) is 6.45. The van der Waals surface area contributed by atoms with Gasteiger partial charge in [0.25, 0.3) is 0 Å². The average Bonchev–Trinajstić information content (AvgIpc) is 2.45. The third kappa shape index (κ3) is 4.91. The van der Waals surface area contributed by atoms with Gasteiger partial charge in [-0.2, -0.15) is 0 Å². The average molecular weight is 299 g/mol. The van der Waals surface area contributed by atoms with Crippen molar-refractivity contribution in [3.63, 3.8) is 0 Å². The molecule has 1 aliphatic carbocycles. The van der Waals surface area contributed by atoms with Crippen molar-refractivity contribution in [3.05, 3.63) is 0 Å². The number of amides is 3. The van der Waals surface area contributed by atoms with Gasteiger partial charge in [-0.25, -0.2) is 9.59 Å². The van der Waals surface area contributed by atoms with E-state index in [1.165, 1.54) is 0 Å². The highest BCUT2D eigenvalue weighted by Gasteiger charge is 2.41. The number of aliphatic carboxylic acids is 1. The molecule has 7 nitrogen and oxygen atoms in total. The van der Waals surface area contributed by atoms with Crippen LogP contribution in [0.1, 0.15) is 52.4 Å². The van der Waals surface area contributed by atoms with Gasteiger partial charge in [0.15, 0.2) is 0 Å². The first kappa shape index (κ1) is 17.3. The van der Waals surface area contributed by atoms with E-state index in [9.17, 15) is 19.5 Å². The van der Waals surface area contributed by atoms with Crippen LogP contribution in [0.15, 0.2) is 0 Å². The summed E-state index contributed by atoms with van der Waals surface area (Å²) >= 11 is 0. The molecule has 7 heteroatoms. The Labute approximate surface area is 124 Å². The van der Waals surface area contributed by atoms with Crippen molar-refractivity contribution >= 4 is 17.9 Å². The molecular formula is C14H25N3O4. The first-order valence-corrected chi connectivity index (χ1v) is 7.51. The zero-order valence-corrected chi connectivity index (χ0v) is 12.7. The molecule has 1 fully saturated rings. The van der Waals surface area contributed by atoms with Gasteiger partial charge in [0, 0.05) is 6.54 Å². The Morgan fingerprint density at radius 1 is 1.19 bits per heavy atom. The van der Waals surface area contributed by atoms with E-state index in [2.05, 4.69) is 16.0 Å². The second kappa shape index (κ2) is 7.85. The number of carbonyl (C=O) groups is 3. The zero-order valence-electron chi connectivity index (χ0n) is 12.7. The number of carbonyl (C=O) groups excluding carboxylic acids is 2. The van der Waals surface area contributed by atoms with Crippen molar-refractivity contribution in [2.45, 2.75) is 64.0 Å². The summed E-state index contributed by atoms with van der Waals surface area (Å²) in [4.78, 5) is 35.1. The van der Waals surface area contributed by atoms with Crippen LogP contribution in [0.2, 0.25) is 0 Å². The fraction of sp³-hybridized carbons (Fsp3) is 0.786. The minimum Gasteiger partial charge on any atom is -0.480 e. The first-order chi connectivity index (χ1) is 9.91. The summed E-state index contributed by atoms with van der Waals surface area (Å²) in [6.07, 6.45) is 4.19. The van der Waals surface area contributed by atoms with Crippen LogP contribution >= 0.6 is 0 Å². The lowest BCUT2D eigenvalue weighted by molar-refractivity contribution is -0.145. The number of hydrogen-bond donors (Lipinski definition) is 4. The molecule has 1 aliphatic rings. The van der Waals surface area contributed by atoms with Gasteiger partial charge in [0.2, 0.25) is 5.91 Å². The smallest absolute Gasteiger partial charge is 0.329 e. The van der Waals surface area contributed by atoms with Gasteiger partial charge in [0.05, 0.1) is 0 Å². The van der Waals surface area contributed by atoms with E-state index in [4.69, 9.17) is 0 Å². The summed E-state index contributed by atoms with van der Waals surface area (Å²) in [5.74, 6) is -1.29. The van der Waals surface area contributed by atoms with Gasteiger partial charge in [-0.1, -0.05) is 26.2 Å². The molecule has 3 amide bonds. The highest BCUT2D eigenvalue weighted by atomic mass is 16.4. The number of carboxylic acids is 1. The molecule has 1 saturated carbocycles. The minimum atomic E-state index is -1.21. The third-order valence-electron chi connectivity index (χ3n) is 3.76. The minimum absolute atomic E-state index is 0.278. The summed E-state index contributed by atoms with van der Waals surface area (Å²) in [6, 6.07) is -1.32. The van der Waals surface area contributed by atoms with Crippen molar-refractivity contribution in [2.75, 3.05) is 6.54 Å². The molecule has 1 unspecified atom stereocenters. The Morgan fingerprint density at radius 2 is 1.81 bits per heavy atom. The molecule has 0 saturated heterocycles. The Morgan fingerprint density at radius 3 is 2.33 bits per heavy atom. The number of nitrogens with one attached hydrogen (secondary N) is 3. The fourth-order valence-corrected chi connectivity index (χ4v) is 2.46. The molecule has 0 aromatic heterocycles. The van der Waals surface area contributed by atoms with E-state index >= 15 is 0 Å². The first-order valence-electron chi connectivity index (χ1n) is 7.51. The van der Waals surface area contributed by atoms with E-state index < -0.39 is 23.6 Å². The van der Waals surface area contributed by atoms with Gasteiger partial charge in [-0.3, -0.25) is 4.79 Å². The van der Waals surface area contributed by atoms with Crippen LogP contribution in [0, 0.1) is 0 Å². The lowest BCUT2D eigenvalue weighted by Gasteiger charge is -2.34. The molecule has 1 atom stereocenters. The molecule has 0 bridgehead atoms. The molecule has 0 aliphatic heterocycles. The topological polar surface area (TPSA) is 108 Å². The van der Waals surface area contributed by atoms with Crippen molar-refractivity contribution in [1.29, 1.82) is 0 Å². The SMILES string of the molecule is CCCNC(=O)C(C)NC(=O)NC1(C(=O)O)CCCCC1. The lowest BCUT2D eigenvalue weighted by atomic mass is 9.82. The van der Waals surface area contributed by atoms with Crippen molar-refractivity contribution in [2.24, 2.45) is 0 Å². The fourth-order valence-electron chi connectivity index (χ4n) is 2.46. The number of urea groups is 1.